The second-order valence-corrected chi connectivity index (χ2v) is 8.49. The zero-order valence-corrected chi connectivity index (χ0v) is 17.7. The van der Waals surface area contributed by atoms with E-state index in [9.17, 15) is 0 Å². The molecule has 6 aromatic rings. The van der Waals surface area contributed by atoms with Crippen LogP contribution in [0.5, 0.6) is 0 Å². The van der Waals surface area contributed by atoms with Crippen LogP contribution in [0.25, 0.3) is 66.6 Å². The lowest BCUT2D eigenvalue weighted by molar-refractivity contribution is 0.959. The van der Waals surface area contributed by atoms with Crippen molar-refractivity contribution in [2.24, 2.45) is 7.05 Å². The minimum absolute atomic E-state index is 0.994. The highest BCUT2D eigenvalue weighted by molar-refractivity contribution is 6.18. The summed E-state index contributed by atoms with van der Waals surface area (Å²) in [4.78, 5) is 4.85. The van der Waals surface area contributed by atoms with Gasteiger partial charge in [-0.15, -0.1) is 0 Å². The Kier molecular flexibility index (Phi) is 3.51. The summed E-state index contributed by atoms with van der Waals surface area (Å²) < 4.78 is 2.17. The number of aryl methyl sites for hydroxylation is 1. The summed E-state index contributed by atoms with van der Waals surface area (Å²) in [7, 11) is 2.08. The van der Waals surface area contributed by atoms with Crippen molar-refractivity contribution in [2.75, 3.05) is 0 Å². The monoisotopic (exact) mass is 408 g/mol. The van der Waals surface area contributed by atoms with Crippen LogP contribution in [0.3, 0.4) is 0 Å². The molecule has 7 rings (SSSR count). The van der Waals surface area contributed by atoms with E-state index in [1.54, 1.807) is 0 Å². The fourth-order valence-corrected chi connectivity index (χ4v) is 5.26. The molecule has 0 bridgehead atoms. The van der Waals surface area contributed by atoms with E-state index in [1.165, 1.54) is 44.2 Å². The van der Waals surface area contributed by atoms with Crippen molar-refractivity contribution in [3.8, 4) is 44.8 Å². The van der Waals surface area contributed by atoms with Crippen LogP contribution in [0.1, 0.15) is 0 Å². The molecule has 0 aliphatic heterocycles. The molecular weight excluding hydrogens is 388 g/mol. The highest BCUT2D eigenvalue weighted by atomic mass is 15.1. The van der Waals surface area contributed by atoms with Crippen LogP contribution in [0.15, 0.2) is 103 Å². The molecule has 1 aromatic heterocycles. The van der Waals surface area contributed by atoms with E-state index in [4.69, 9.17) is 4.98 Å². The summed E-state index contributed by atoms with van der Waals surface area (Å²) in [6, 6.07) is 37.1. The Balaban J connectivity index is 1.37. The van der Waals surface area contributed by atoms with Crippen molar-refractivity contribution < 1.29 is 0 Å². The molecule has 0 saturated heterocycles. The average Bonchev–Trinajstić information content (AvgIpc) is 3.36. The number of para-hydroxylation sites is 2. The summed E-state index contributed by atoms with van der Waals surface area (Å²) in [5.41, 5.74) is 11.2. The zero-order valence-electron chi connectivity index (χ0n) is 17.7. The summed E-state index contributed by atoms with van der Waals surface area (Å²) >= 11 is 0. The SMILES string of the molecule is Cn1c(-c2ccc(-c3ccc4c5c(cccc35)-c3ccccc3-4)cc2)nc2ccccc21. The molecule has 0 saturated carbocycles. The normalized spacial score (nSPS) is 11.9. The van der Waals surface area contributed by atoms with Crippen molar-refractivity contribution >= 4 is 21.8 Å². The Morgan fingerprint density at radius 1 is 0.531 bits per heavy atom. The maximum Gasteiger partial charge on any atom is 0.140 e. The largest absolute Gasteiger partial charge is 0.327 e. The van der Waals surface area contributed by atoms with Crippen molar-refractivity contribution in [3.05, 3.63) is 103 Å². The lowest BCUT2D eigenvalue weighted by Gasteiger charge is -2.10. The Labute approximate surface area is 186 Å². The number of aromatic nitrogens is 2. The highest BCUT2D eigenvalue weighted by Crippen LogP contribution is 2.49. The van der Waals surface area contributed by atoms with Crippen LogP contribution in [-0.4, -0.2) is 9.55 Å². The number of imidazole rings is 1. The molecule has 1 heterocycles. The maximum absolute atomic E-state index is 4.85. The van der Waals surface area contributed by atoms with Gasteiger partial charge in [-0.1, -0.05) is 91.0 Å². The number of nitrogens with zero attached hydrogens (tertiary/aromatic N) is 2. The average molecular weight is 409 g/mol. The molecule has 5 aromatic carbocycles. The molecule has 2 heteroatoms. The molecule has 32 heavy (non-hydrogen) atoms. The predicted molar refractivity (Wildman–Crippen MR) is 134 cm³/mol. The maximum atomic E-state index is 4.85. The van der Waals surface area contributed by atoms with E-state index in [1.807, 2.05) is 6.07 Å². The third-order valence-corrected chi connectivity index (χ3v) is 6.79. The van der Waals surface area contributed by atoms with Gasteiger partial charge in [0.25, 0.3) is 0 Å². The fraction of sp³-hybridized carbons (Fsp3) is 0.0333. The van der Waals surface area contributed by atoms with E-state index in [0.717, 1.165) is 22.4 Å². The first-order valence-corrected chi connectivity index (χ1v) is 11.0. The highest BCUT2D eigenvalue weighted by Gasteiger charge is 2.22. The van der Waals surface area contributed by atoms with Crippen LogP contribution >= 0.6 is 0 Å². The zero-order chi connectivity index (χ0) is 21.2. The van der Waals surface area contributed by atoms with Gasteiger partial charge in [-0.3, -0.25) is 0 Å². The fourth-order valence-electron chi connectivity index (χ4n) is 5.26. The quantitative estimate of drug-likeness (QED) is 0.286. The molecule has 0 N–H and O–H groups in total. The third-order valence-electron chi connectivity index (χ3n) is 6.79. The first-order valence-electron chi connectivity index (χ1n) is 11.0. The summed E-state index contributed by atoms with van der Waals surface area (Å²) in [5, 5.41) is 2.68. The summed E-state index contributed by atoms with van der Waals surface area (Å²) in [6.45, 7) is 0. The topological polar surface area (TPSA) is 17.8 Å². The molecule has 0 unspecified atom stereocenters. The Morgan fingerprint density at radius 2 is 1.16 bits per heavy atom. The molecule has 0 amide bonds. The Morgan fingerprint density at radius 3 is 1.94 bits per heavy atom. The predicted octanol–water partition coefficient (Wildman–Crippen LogP) is 7.71. The van der Waals surface area contributed by atoms with E-state index >= 15 is 0 Å². The lowest BCUT2D eigenvalue weighted by atomic mass is 9.94. The first kappa shape index (κ1) is 17.5. The van der Waals surface area contributed by atoms with Gasteiger partial charge in [0.05, 0.1) is 11.0 Å². The second kappa shape index (κ2) is 6.41. The molecule has 0 radical (unpaired) electrons. The molecule has 1 aliphatic carbocycles. The Bertz CT molecular complexity index is 1640. The van der Waals surface area contributed by atoms with E-state index < -0.39 is 0 Å². The van der Waals surface area contributed by atoms with Gasteiger partial charge in [-0.05, 0) is 56.3 Å². The van der Waals surface area contributed by atoms with Crippen LogP contribution in [0, 0.1) is 0 Å². The van der Waals surface area contributed by atoms with E-state index in [0.29, 0.717) is 0 Å². The summed E-state index contributed by atoms with van der Waals surface area (Å²) in [5.74, 6) is 0.994. The van der Waals surface area contributed by atoms with Gasteiger partial charge < -0.3 is 4.57 Å². The van der Waals surface area contributed by atoms with Gasteiger partial charge in [0.2, 0.25) is 0 Å². The molecule has 1 aliphatic rings. The van der Waals surface area contributed by atoms with Crippen LogP contribution < -0.4 is 0 Å². The van der Waals surface area contributed by atoms with Crippen molar-refractivity contribution in [1.82, 2.24) is 9.55 Å². The van der Waals surface area contributed by atoms with Gasteiger partial charge in [0.1, 0.15) is 5.82 Å². The third kappa shape index (κ3) is 2.32. The first-order chi connectivity index (χ1) is 15.8. The minimum Gasteiger partial charge on any atom is -0.327 e. The summed E-state index contributed by atoms with van der Waals surface area (Å²) in [6.07, 6.45) is 0. The minimum atomic E-state index is 0.994. The molecule has 2 nitrogen and oxygen atoms in total. The molecule has 0 atom stereocenters. The van der Waals surface area contributed by atoms with Crippen LogP contribution in [-0.2, 0) is 7.05 Å². The molecule has 150 valence electrons. The van der Waals surface area contributed by atoms with Crippen LogP contribution in [0.2, 0.25) is 0 Å². The smallest absolute Gasteiger partial charge is 0.140 e. The Hall–Kier alpha value is -4.17. The van der Waals surface area contributed by atoms with Crippen LogP contribution in [0.4, 0.5) is 0 Å². The second-order valence-electron chi connectivity index (χ2n) is 8.49. The van der Waals surface area contributed by atoms with Crippen molar-refractivity contribution in [2.45, 2.75) is 0 Å². The molecular formula is C30H20N2. The van der Waals surface area contributed by atoms with Gasteiger partial charge in [0, 0.05) is 12.6 Å². The lowest BCUT2D eigenvalue weighted by Crippen LogP contribution is -1.92. The van der Waals surface area contributed by atoms with Gasteiger partial charge in [0.15, 0.2) is 0 Å². The van der Waals surface area contributed by atoms with Gasteiger partial charge in [-0.2, -0.15) is 0 Å². The standard InChI is InChI=1S/C30H20N2/c1-32-28-12-5-4-11-27(28)31-30(32)20-15-13-19(14-16-20)21-17-18-26-23-8-3-2-7-22(23)25-10-6-9-24(21)29(25)26/h2-18H,1H3. The van der Waals surface area contributed by atoms with Crippen molar-refractivity contribution in [3.63, 3.8) is 0 Å². The van der Waals surface area contributed by atoms with Gasteiger partial charge in [-0.25, -0.2) is 4.98 Å². The molecule has 0 fully saturated rings. The number of benzene rings is 5. The van der Waals surface area contributed by atoms with Gasteiger partial charge >= 0.3 is 0 Å². The van der Waals surface area contributed by atoms with E-state index in [2.05, 4.69) is 109 Å². The van der Waals surface area contributed by atoms with Crippen molar-refractivity contribution in [1.29, 1.82) is 0 Å². The van der Waals surface area contributed by atoms with E-state index in [-0.39, 0.29) is 0 Å². The number of rotatable bonds is 2. The number of fused-ring (bicyclic) bond motifs is 4. The number of hydrogen-bond acceptors (Lipinski definition) is 1. The number of hydrogen-bond donors (Lipinski definition) is 0. The molecule has 0 spiro atoms.